The smallest absolute Gasteiger partial charge is 0.310 e. The standard InChI is InChI=1S/C28H30BrNO6/c1-4-13-35-25-18-9-7-8-10-19(18)26(36-14-5-2)24-23(25)27(32)30(28(24)33)21-12-11-17(15-20(21)29)16-22(31)34-6-3/h7-12,15,27,32H,4-6,13-14,16H2,1-3H3/t27-/m0/s1. The molecule has 0 radical (unpaired) electrons. The number of esters is 1. The second-order valence-corrected chi connectivity index (χ2v) is 9.36. The first-order valence-electron chi connectivity index (χ1n) is 12.2. The lowest BCUT2D eigenvalue weighted by Gasteiger charge is -2.23. The summed E-state index contributed by atoms with van der Waals surface area (Å²) >= 11 is 3.53. The molecule has 0 fully saturated rings. The molecule has 1 N–H and O–H groups in total. The van der Waals surface area contributed by atoms with Gasteiger partial charge in [0.2, 0.25) is 0 Å². The zero-order chi connectivity index (χ0) is 25.8. The van der Waals surface area contributed by atoms with Crippen LogP contribution in [0.25, 0.3) is 10.8 Å². The molecule has 4 rings (SSSR count). The highest BCUT2D eigenvalue weighted by Gasteiger charge is 2.44. The number of hydrogen-bond acceptors (Lipinski definition) is 6. The van der Waals surface area contributed by atoms with E-state index in [0.29, 0.717) is 52.6 Å². The summed E-state index contributed by atoms with van der Waals surface area (Å²) in [5.74, 6) is 0.233. The first kappa shape index (κ1) is 26.0. The number of aliphatic hydroxyl groups excluding tert-OH is 1. The summed E-state index contributed by atoms with van der Waals surface area (Å²) in [5.41, 5.74) is 1.92. The van der Waals surface area contributed by atoms with E-state index in [9.17, 15) is 14.7 Å². The Morgan fingerprint density at radius 1 is 1.00 bits per heavy atom. The van der Waals surface area contributed by atoms with Crippen molar-refractivity contribution in [2.75, 3.05) is 24.7 Å². The molecule has 0 aliphatic carbocycles. The van der Waals surface area contributed by atoms with Crippen LogP contribution in [-0.4, -0.2) is 36.8 Å². The van der Waals surface area contributed by atoms with Gasteiger partial charge in [-0.25, -0.2) is 0 Å². The summed E-state index contributed by atoms with van der Waals surface area (Å²) in [6.07, 6.45) is 0.378. The van der Waals surface area contributed by atoms with E-state index in [1.54, 1.807) is 25.1 Å². The first-order chi connectivity index (χ1) is 17.4. The zero-order valence-electron chi connectivity index (χ0n) is 20.7. The molecule has 3 aromatic rings. The molecule has 1 aliphatic rings. The molecule has 0 aromatic heterocycles. The molecular weight excluding hydrogens is 526 g/mol. The molecule has 0 bridgehead atoms. The Hall–Kier alpha value is -3.10. The van der Waals surface area contributed by atoms with E-state index < -0.39 is 6.23 Å². The van der Waals surface area contributed by atoms with Gasteiger partial charge in [0.25, 0.3) is 5.91 Å². The van der Waals surface area contributed by atoms with E-state index in [-0.39, 0.29) is 18.3 Å². The van der Waals surface area contributed by atoms with Gasteiger partial charge in [-0.05, 0) is 53.4 Å². The molecule has 1 amide bonds. The lowest BCUT2D eigenvalue weighted by Crippen LogP contribution is -2.28. The van der Waals surface area contributed by atoms with Gasteiger partial charge in [0.05, 0.1) is 43.1 Å². The van der Waals surface area contributed by atoms with Crippen LogP contribution in [0, 0.1) is 0 Å². The molecule has 1 aliphatic heterocycles. The minimum Gasteiger partial charge on any atom is -0.492 e. The monoisotopic (exact) mass is 555 g/mol. The Morgan fingerprint density at radius 2 is 1.64 bits per heavy atom. The largest absolute Gasteiger partial charge is 0.492 e. The number of rotatable bonds is 10. The average molecular weight is 556 g/mol. The van der Waals surface area contributed by atoms with Gasteiger partial charge in [0.1, 0.15) is 11.5 Å². The molecule has 1 heterocycles. The third kappa shape index (κ3) is 4.80. The molecule has 7 nitrogen and oxygen atoms in total. The second-order valence-electron chi connectivity index (χ2n) is 8.51. The maximum absolute atomic E-state index is 13.9. The summed E-state index contributed by atoms with van der Waals surface area (Å²) in [6, 6.07) is 12.8. The quantitative estimate of drug-likeness (QED) is 0.312. The third-order valence-corrected chi connectivity index (χ3v) is 6.55. The predicted octanol–water partition coefficient (Wildman–Crippen LogP) is 5.94. The van der Waals surface area contributed by atoms with Crippen molar-refractivity contribution in [3.05, 3.63) is 63.6 Å². The van der Waals surface area contributed by atoms with Gasteiger partial charge in [0.15, 0.2) is 6.23 Å². The number of benzene rings is 3. The molecule has 0 spiro atoms. The number of anilines is 1. The van der Waals surface area contributed by atoms with Crippen LogP contribution in [0.5, 0.6) is 11.5 Å². The summed E-state index contributed by atoms with van der Waals surface area (Å²) in [6.45, 7) is 6.95. The van der Waals surface area contributed by atoms with Crippen molar-refractivity contribution < 1.29 is 28.9 Å². The van der Waals surface area contributed by atoms with Crippen LogP contribution in [0.3, 0.4) is 0 Å². The fourth-order valence-corrected chi connectivity index (χ4v) is 5.02. The summed E-state index contributed by atoms with van der Waals surface area (Å²) in [4.78, 5) is 27.1. The Labute approximate surface area is 219 Å². The Balaban J connectivity index is 1.84. The lowest BCUT2D eigenvalue weighted by atomic mass is 9.98. The van der Waals surface area contributed by atoms with Gasteiger partial charge in [-0.3, -0.25) is 14.5 Å². The highest BCUT2D eigenvalue weighted by Crippen LogP contribution is 2.51. The Kier molecular flexibility index (Phi) is 8.16. The van der Waals surface area contributed by atoms with Crippen molar-refractivity contribution in [3.63, 3.8) is 0 Å². The van der Waals surface area contributed by atoms with Gasteiger partial charge in [-0.2, -0.15) is 0 Å². The number of amides is 1. The molecule has 1 atom stereocenters. The van der Waals surface area contributed by atoms with Gasteiger partial charge in [-0.15, -0.1) is 0 Å². The number of nitrogens with zero attached hydrogens (tertiary/aromatic N) is 1. The topological polar surface area (TPSA) is 85.3 Å². The van der Waals surface area contributed by atoms with E-state index in [1.807, 2.05) is 38.1 Å². The lowest BCUT2D eigenvalue weighted by molar-refractivity contribution is -0.142. The van der Waals surface area contributed by atoms with Crippen LogP contribution in [0.4, 0.5) is 5.69 Å². The molecule has 0 unspecified atom stereocenters. The number of hydrogen-bond donors (Lipinski definition) is 1. The predicted molar refractivity (Wildman–Crippen MR) is 142 cm³/mol. The van der Waals surface area contributed by atoms with E-state index >= 15 is 0 Å². The van der Waals surface area contributed by atoms with Gasteiger partial charge in [-0.1, -0.05) is 44.2 Å². The van der Waals surface area contributed by atoms with Gasteiger partial charge in [0, 0.05) is 15.2 Å². The van der Waals surface area contributed by atoms with E-state index in [2.05, 4.69) is 15.9 Å². The van der Waals surface area contributed by atoms with Crippen LogP contribution >= 0.6 is 15.9 Å². The molecule has 0 saturated heterocycles. The van der Waals surface area contributed by atoms with Crippen LogP contribution in [-0.2, 0) is 16.0 Å². The molecule has 3 aromatic carbocycles. The number of aliphatic hydroxyl groups is 1. The summed E-state index contributed by atoms with van der Waals surface area (Å²) in [5, 5.41) is 13.1. The third-order valence-electron chi connectivity index (χ3n) is 5.92. The number of carbonyl (C=O) groups excluding carboxylic acids is 2. The minimum absolute atomic E-state index is 0.110. The van der Waals surface area contributed by atoms with Crippen molar-refractivity contribution in [2.45, 2.75) is 46.3 Å². The first-order valence-corrected chi connectivity index (χ1v) is 13.0. The fraction of sp³-hybridized carbons (Fsp3) is 0.357. The zero-order valence-corrected chi connectivity index (χ0v) is 22.3. The fourth-order valence-electron chi connectivity index (χ4n) is 4.40. The van der Waals surface area contributed by atoms with Crippen LogP contribution in [0.1, 0.15) is 61.3 Å². The summed E-state index contributed by atoms with van der Waals surface area (Å²) < 4.78 is 17.8. The number of fused-ring (bicyclic) bond motifs is 2. The van der Waals surface area contributed by atoms with Crippen molar-refractivity contribution in [1.29, 1.82) is 0 Å². The summed E-state index contributed by atoms with van der Waals surface area (Å²) in [7, 11) is 0. The van der Waals surface area contributed by atoms with Crippen LogP contribution in [0.2, 0.25) is 0 Å². The van der Waals surface area contributed by atoms with Crippen molar-refractivity contribution in [2.24, 2.45) is 0 Å². The molecular formula is C28H30BrNO6. The van der Waals surface area contributed by atoms with E-state index in [0.717, 1.165) is 29.2 Å². The Morgan fingerprint density at radius 3 is 2.25 bits per heavy atom. The van der Waals surface area contributed by atoms with Gasteiger partial charge >= 0.3 is 5.97 Å². The number of halogens is 1. The van der Waals surface area contributed by atoms with E-state index in [4.69, 9.17) is 14.2 Å². The molecule has 0 saturated carbocycles. The van der Waals surface area contributed by atoms with Crippen molar-refractivity contribution >= 4 is 44.3 Å². The minimum atomic E-state index is -1.28. The molecule has 8 heteroatoms. The molecule has 36 heavy (non-hydrogen) atoms. The average Bonchev–Trinajstić information content (AvgIpc) is 3.11. The van der Waals surface area contributed by atoms with Crippen LogP contribution in [0.15, 0.2) is 46.9 Å². The van der Waals surface area contributed by atoms with Crippen molar-refractivity contribution in [3.8, 4) is 11.5 Å². The van der Waals surface area contributed by atoms with Crippen molar-refractivity contribution in [1.82, 2.24) is 0 Å². The number of carbonyl (C=O) groups is 2. The van der Waals surface area contributed by atoms with Gasteiger partial charge < -0.3 is 19.3 Å². The highest BCUT2D eigenvalue weighted by molar-refractivity contribution is 9.10. The second kappa shape index (κ2) is 11.3. The maximum atomic E-state index is 13.9. The normalized spacial score (nSPS) is 14.8. The number of ether oxygens (including phenoxy) is 3. The van der Waals surface area contributed by atoms with Crippen LogP contribution < -0.4 is 14.4 Å². The maximum Gasteiger partial charge on any atom is 0.310 e. The highest BCUT2D eigenvalue weighted by atomic mass is 79.9. The Bertz CT molecular complexity index is 1290. The van der Waals surface area contributed by atoms with E-state index in [1.165, 1.54) is 4.90 Å². The SMILES string of the molecule is CCCOc1c2c(c(OCCC)c3ccccc13)[C@H](O)N(c1ccc(CC(=O)OCC)cc1Br)C2=O. The molecule has 190 valence electrons.